The zero-order chi connectivity index (χ0) is 10.1. The van der Waals surface area contributed by atoms with Crippen molar-refractivity contribution in [3.05, 3.63) is 42.0 Å². The van der Waals surface area contributed by atoms with Gasteiger partial charge in [-0.05, 0) is 24.1 Å². The van der Waals surface area contributed by atoms with E-state index < -0.39 is 0 Å². The molecule has 0 aliphatic rings. The summed E-state index contributed by atoms with van der Waals surface area (Å²) in [5, 5.41) is 9.52. The Hall–Kier alpha value is -1.24. The van der Waals surface area contributed by atoms with E-state index in [-0.39, 0.29) is 5.41 Å². The Balaban J connectivity index is 3.18. The molecule has 70 valence electrons. The number of allylic oxidation sites excluding steroid dienone is 1. The van der Waals surface area contributed by atoms with Crippen molar-refractivity contribution in [1.29, 1.82) is 0 Å². The summed E-state index contributed by atoms with van der Waals surface area (Å²) in [6.07, 6.45) is 1.89. The van der Waals surface area contributed by atoms with Crippen LogP contribution in [-0.2, 0) is 5.41 Å². The normalized spacial score (nSPS) is 11.3. The molecule has 1 heteroatoms. The van der Waals surface area contributed by atoms with Gasteiger partial charge in [0.2, 0.25) is 0 Å². The number of hydrogen-bond donors (Lipinski definition) is 1. The molecule has 1 aromatic rings. The zero-order valence-electron chi connectivity index (χ0n) is 8.46. The fourth-order valence-electron chi connectivity index (χ4n) is 1.13. The van der Waals surface area contributed by atoms with Crippen LogP contribution in [0.2, 0.25) is 0 Å². The Labute approximate surface area is 79.7 Å². The summed E-state index contributed by atoms with van der Waals surface area (Å²) in [6, 6.07) is 5.75. The lowest BCUT2D eigenvalue weighted by Crippen LogP contribution is -2.12. The van der Waals surface area contributed by atoms with Crippen LogP contribution >= 0.6 is 0 Å². The number of aromatic hydroxyl groups is 1. The van der Waals surface area contributed by atoms with Gasteiger partial charge in [0.1, 0.15) is 5.75 Å². The zero-order valence-corrected chi connectivity index (χ0v) is 8.46. The van der Waals surface area contributed by atoms with Crippen LogP contribution in [0.25, 0.3) is 0 Å². The minimum absolute atomic E-state index is 0.0782. The van der Waals surface area contributed by atoms with Gasteiger partial charge >= 0.3 is 0 Å². The first-order valence-corrected chi connectivity index (χ1v) is 4.41. The van der Waals surface area contributed by atoms with Crippen molar-refractivity contribution in [3.8, 4) is 5.75 Å². The van der Waals surface area contributed by atoms with E-state index >= 15 is 0 Å². The van der Waals surface area contributed by atoms with E-state index in [1.807, 2.05) is 25.1 Å². The lowest BCUT2D eigenvalue weighted by molar-refractivity contribution is 0.468. The smallest absolute Gasteiger partial charge is 0.118 e. The highest BCUT2D eigenvalue weighted by molar-refractivity contribution is 5.39. The van der Waals surface area contributed by atoms with Crippen LogP contribution < -0.4 is 0 Å². The van der Waals surface area contributed by atoms with Gasteiger partial charge in [-0.3, -0.25) is 0 Å². The molecule has 0 saturated carbocycles. The first kappa shape index (κ1) is 9.85. The van der Waals surface area contributed by atoms with Gasteiger partial charge in [-0.15, -0.1) is 6.58 Å². The standard InChI is InChI=1S/C12H16O/c1-5-12(3,4)10-7-6-9(2)11(13)8-10/h5-8,13H,1H2,2-4H3. The molecule has 0 spiro atoms. The number of phenols is 1. The van der Waals surface area contributed by atoms with Crippen LogP contribution in [0.3, 0.4) is 0 Å². The molecule has 1 aromatic carbocycles. The number of hydrogen-bond acceptors (Lipinski definition) is 1. The quantitative estimate of drug-likeness (QED) is 0.686. The van der Waals surface area contributed by atoms with Crippen LogP contribution in [-0.4, -0.2) is 5.11 Å². The third-order valence-electron chi connectivity index (χ3n) is 2.46. The van der Waals surface area contributed by atoms with Crippen LogP contribution in [0.5, 0.6) is 5.75 Å². The third-order valence-corrected chi connectivity index (χ3v) is 2.46. The largest absolute Gasteiger partial charge is 0.508 e. The van der Waals surface area contributed by atoms with Crippen LogP contribution in [0.1, 0.15) is 25.0 Å². The SMILES string of the molecule is C=CC(C)(C)c1ccc(C)c(O)c1. The molecule has 13 heavy (non-hydrogen) atoms. The molecule has 1 N–H and O–H groups in total. The number of aryl methyl sites for hydroxylation is 1. The second-order valence-electron chi connectivity index (χ2n) is 3.93. The lowest BCUT2D eigenvalue weighted by atomic mass is 9.84. The molecular formula is C12H16O. The summed E-state index contributed by atoms with van der Waals surface area (Å²) in [6.45, 7) is 9.82. The Bertz CT molecular complexity index is 324. The molecule has 0 radical (unpaired) electrons. The van der Waals surface area contributed by atoms with E-state index in [0.29, 0.717) is 5.75 Å². The monoisotopic (exact) mass is 176 g/mol. The molecule has 0 aliphatic heterocycles. The Morgan fingerprint density at radius 1 is 1.38 bits per heavy atom. The Morgan fingerprint density at radius 3 is 2.46 bits per heavy atom. The maximum atomic E-state index is 9.52. The van der Waals surface area contributed by atoms with E-state index in [1.54, 1.807) is 6.07 Å². The molecule has 0 atom stereocenters. The second-order valence-corrected chi connectivity index (χ2v) is 3.93. The van der Waals surface area contributed by atoms with Crippen molar-refractivity contribution in [3.63, 3.8) is 0 Å². The molecule has 0 fully saturated rings. The summed E-state index contributed by atoms with van der Waals surface area (Å²) >= 11 is 0. The highest BCUT2D eigenvalue weighted by Crippen LogP contribution is 2.28. The van der Waals surface area contributed by atoms with Gasteiger partial charge in [0, 0.05) is 5.41 Å². The molecular weight excluding hydrogens is 160 g/mol. The van der Waals surface area contributed by atoms with Crippen molar-refractivity contribution >= 4 is 0 Å². The summed E-state index contributed by atoms with van der Waals surface area (Å²) in [5.41, 5.74) is 1.92. The topological polar surface area (TPSA) is 20.2 Å². The maximum Gasteiger partial charge on any atom is 0.118 e. The average Bonchev–Trinajstić information content (AvgIpc) is 2.09. The lowest BCUT2D eigenvalue weighted by Gasteiger charge is -2.20. The van der Waals surface area contributed by atoms with Gasteiger partial charge in [-0.2, -0.15) is 0 Å². The molecule has 0 aromatic heterocycles. The van der Waals surface area contributed by atoms with Crippen molar-refractivity contribution in [2.45, 2.75) is 26.2 Å². The minimum atomic E-state index is -0.0782. The van der Waals surface area contributed by atoms with Gasteiger partial charge < -0.3 is 5.11 Å². The Kier molecular flexibility index (Phi) is 2.46. The van der Waals surface area contributed by atoms with Crippen LogP contribution in [0, 0.1) is 6.92 Å². The summed E-state index contributed by atoms with van der Waals surface area (Å²) < 4.78 is 0. The maximum absolute atomic E-state index is 9.52. The summed E-state index contributed by atoms with van der Waals surface area (Å²) in [7, 11) is 0. The van der Waals surface area contributed by atoms with E-state index in [0.717, 1.165) is 11.1 Å². The van der Waals surface area contributed by atoms with Gasteiger partial charge in [0.25, 0.3) is 0 Å². The summed E-state index contributed by atoms with van der Waals surface area (Å²) in [4.78, 5) is 0. The highest BCUT2D eigenvalue weighted by atomic mass is 16.3. The highest BCUT2D eigenvalue weighted by Gasteiger charge is 2.16. The minimum Gasteiger partial charge on any atom is -0.508 e. The van der Waals surface area contributed by atoms with Gasteiger partial charge in [0.05, 0.1) is 0 Å². The molecule has 0 bridgehead atoms. The van der Waals surface area contributed by atoms with Crippen molar-refractivity contribution in [2.75, 3.05) is 0 Å². The van der Waals surface area contributed by atoms with Gasteiger partial charge in [-0.1, -0.05) is 32.1 Å². The van der Waals surface area contributed by atoms with Crippen molar-refractivity contribution < 1.29 is 5.11 Å². The molecule has 0 aliphatic carbocycles. The van der Waals surface area contributed by atoms with Crippen LogP contribution in [0.15, 0.2) is 30.9 Å². The van der Waals surface area contributed by atoms with Crippen molar-refractivity contribution in [2.24, 2.45) is 0 Å². The van der Waals surface area contributed by atoms with E-state index in [1.165, 1.54) is 0 Å². The van der Waals surface area contributed by atoms with E-state index in [9.17, 15) is 5.11 Å². The number of rotatable bonds is 2. The molecule has 0 heterocycles. The van der Waals surface area contributed by atoms with Gasteiger partial charge in [-0.25, -0.2) is 0 Å². The first-order chi connectivity index (χ1) is 5.97. The molecule has 1 rings (SSSR count). The third kappa shape index (κ3) is 1.92. The van der Waals surface area contributed by atoms with E-state index in [4.69, 9.17) is 0 Å². The van der Waals surface area contributed by atoms with Crippen molar-refractivity contribution in [1.82, 2.24) is 0 Å². The second kappa shape index (κ2) is 3.25. The fourth-order valence-corrected chi connectivity index (χ4v) is 1.13. The fraction of sp³-hybridized carbons (Fsp3) is 0.333. The molecule has 1 nitrogen and oxygen atoms in total. The van der Waals surface area contributed by atoms with Gasteiger partial charge in [0.15, 0.2) is 0 Å². The van der Waals surface area contributed by atoms with E-state index in [2.05, 4.69) is 20.4 Å². The summed E-state index contributed by atoms with van der Waals surface area (Å²) in [5.74, 6) is 0.354. The predicted octanol–water partition coefficient (Wildman–Crippen LogP) is 3.16. The average molecular weight is 176 g/mol. The predicted molar refractivity (Wildman–Crippen MR) is 56.1 cm³/mol. The van der Waals surface area contributed by atoms with Crippen LogP contribution in [0.4, 0.5) is 0 Å². The molecule has 0 amide bonds. The molecule has 0 saturated heterocycles. The number of phenolic OH excluding ortho intramolecular Hbond substituents is 1. The molecule has 0 unspecified atom stereocenters. The first-order valence-electron chi connectivity index (χ1n) is 4.41. The number of benzene rings is 1. The Morgan fingerprint density at radius 2 is 2.00 bits per heavy atom.